The molecule has 26 heavy (non-hydrogen) atoms. The molecular formula is C20H39BN3OP. The van der Waals surface area contributed by atoms with Crippen LogP contribution < -0.4 is 0 Å². The van der Waals surface area contributed by atoms with Gasteiger partial charge in [-0.25, -0.2) is 15.8 Å². The summed E-state index contributed by atoms with van der Waals surface area (Å²) in [5, 5.41) is 24.6. The van der Waals surface area contributed by atoms with E-state index in [-0.39, 0.29) is 0 Å². The molecule has 0 radical (unpaired) electrons. The Bertz CT molecular complexity index is 392. The zero-order chi connectivity index (χ0) is 20.3. The van der Waals surface area contributed by atoms with E-state index in [0.717, 1.165) is 7.11 Å². The summed E-state index contributed by atoms with van der Waals surface area (Å²) in [5.74, 6) is 4.45. The van der Waals surface area contributed by atoms with Crippen molar-refractivity contribution in [1.29, 1.82) is 15.8 Å². The zero-order valence-electron chi connectivity index (χ0n) is 17.8. The molecule has 0 rings (SSSR count). The molecule has 0 saturated heterocycles. The molecule has 0 aliphatic carbocycles. The Morgan fingerprint density at radius 1 is 0.654 bits per heavy atom. The van der Waals surface area contributed by atoms with Gasteiger partial charge in [0.15, 0.2) is 0 Å². The fraction of sp³-hybridized carbons (Fsp3) is 0.850. The van der Waals surface area contributed by atoms with Gasteiger partial charge in [0.2, 0.25) is 0 Å². The first kappa shape index (κ1) is 27.1. The van der Waals surface area contributed by atoms with Crippen molar-refractivity contribution in [2.75, 3.05) is 31.8 Å². The van der Waals surface area contributed by atoms with E-state index in [2.05, 4.69) is 32.3 Å². The van der Waals surface area contributed by atoms with Crippen molar-refractivity contribution in [3.63, 3.8) is 0 Å². The first-order valence-electron chi connectivity index (χ1n) is 10.3. The summed E-state index contributed by atoms with van der Waals surface area (Å²) in [6.45, 7) is 9.42. The van der Waals surface area contributed by atoms with Gasteiger partial charge in [-0.15, -0.1) is 0 Å². The molecule has 0 fully saturated rings. The molecule has 0 amide bonds. The maximum Gasteiger partial charge on any atom is 0.408 e. The predicted molar refractivity (Wildman–Crippen MR) is 116 cm³/mol. The Kier molecular flexibility index (Phi) is 18.1. The maximum atomic E-state index is 8.18. The van der Waals surface area contributed by atoms with Gasteiger partial charge in [-0.1, -0.05) is 71.3 Å². The number of rotatable bonds is 13. The summed E-state index contributed by atoms with van der Waals surface area (Å²) < 4.78 is 4.36. The molecule has 6 heteroatoms. The van der Waals surface area contributed by atoms with Crippen LogP contribution in [0.2, 0.25) is 0 Å². The molecule has 4 nitrogen and oxygen atoms in total. The lowest BCUT2D eigenvalue weighted by Gasteiger charge is -2.28. The number of unbranched alkanes of at least 4 members (excludes halogenated alkanes) is 4. The first-order valence-corrected chi connectivity index (χ1v) is 12.8. The third kappa shape index (κ3) is 11.5. The number of hydrogen-bond donors (Lipinski definition) is 0. The maximum absolute atomic E-state index is 8.18. The van der Waals surface area contributed by atoms with Crippen LogP contribution in [0.3, 0.4) is 0 Å². The van der Waals surface area contributed by atoms with Crippen molar-refractivity contribution in [2.45, 2.75) is 79.1 Å². The molecule has 0 aromatic rings. The van der Waals surface area contributed by atoms with Crippen molar-refractivity contribution in [3.05, 3.63) is 0 Å². The number of nitrogens with zero attached hydrogens (tertiary/aromatic N) is 3. The largest absolute Gasteiger partial charge is 0.559 e. The Morgan fingerprint density at radius 3 is 1.04 bits per heavy atom. The topological polar surface area (TPSA) is 80.6 Å². The number of hydrogen-bond acceptors (Lipinski definition) is 4. The molecule has 148 valence electrons. The normalized spacial score (nSPS) is 10.8. The molecule has 0 aliphatic heterocycles. The minimum atomic E-state index is -2.53. The van der Waals surface area contributed by atoms with Crippen molar-refractivity contribution in [1.82, 2.24) is 0 Å². The average Bonchev–Trinajstić information content (AvgIpc) is 2.69. The minimum Gasteiger partial charge on any atom is -0.559 e. The highest BCUT2D eigenvalue weighted by molar-refractivity contribution is 7.75. The molecule has 0 saturated carbocycles. The van der Waals surface area contributed by atoms with Crippen LogP contribution in [0.4, 0.5) is 0 Å². The Hall–Kier alpha value is -1.08. The van der Waals surface area contributed by atoms with E-state index >= 15 is 0 Å². The van der Waals surface area contributed by atoms with Gasteiger partial charge in [0, 0.05) is 7.26 Å². The smallest absolute Gasteiger partial charge is 0.408 e. The SMILES string of the molecule is CCCC[P+](CCCC)(CCCC)CCCC.CO[B-](C#N)(C#N)C#N. The highest BCUT2D eigenvalue weighted by atomic mass is 31.2. The fourth-order valence-corrected chi connectivity index (χ4v) is 8.18. The summed E-state index contributed by atoms with van der Waals surface area (Å²) in [5.41, 5.74) is 0. The van der Waals surface area contributed by atoms with Gasteiger partial charge in [0.05, 0.1) is 24.6 Å². The summed E-state index contributed by atoms with van der Waals surface area (Å²) in [6, 6.07) is 0. The summed E-state index contributed by atoms with van der Waals surface area (Å²) in [4.78, 5) is 0. The van der Waals surface area contributed by atoms with Crippen LogP contribution in [0.15, 0.2) is 0 Å². The highest BCUT2D eigenvalue weighted by Crippen LogP contribution is 2.61. The van der Waals surface area contributed by atoms with Crippen LogP contribution in [-0.4, -0.2) is 38.1 Å². The lowest BCUT2D eigenvalue weighted by atomic mass is 9.45. The van der Waals surface area contributed by atoms with Crippen LogP contribution in [0.5, 0.6) is 0 Å². The van der Waals surface area contributed by atoms with E-state index in [1.165, 1.54) is 69.3 Å². The van der Waals surface area contributed by atoms with Gasteiger partial charge in [-0.2, -0.15) is 0 Å². The summed E-state index contributed by atoms with van der Waals surface area (Å²) in [6.07, 6.45) is 15.4. The second-order valence-corrected chi connectivity index (χ2v) is 11.5. The van der Waals surface area contributed by atoms with E-state index in [1.54, 1.807) is 24.6 Å². The Labute approximate surface area is 163 Å². The van der Waals surface area contributed by atoms with Crippen LogP contribution >= 0.6 is 7.26 Å². The monoisotopic (exact) mass is 379 g/mol. The van der Waals surface area contributed by atoms with Gasteiger partial charge in [0.1, 0.15) is 0 Å². The van der Waals surface area contributed by atoms with Crippen LogP contribution in [-0.2, 0) is 4.65 Å². The van der Waals surface area contributed by atoms with E-state index in [9.17, 15) is 0 Å². The summed E-state index contributed by atoms with van der Waals surface area (Å²) in [7, 11) is 0.600. The Morgan fingerprint density at radius 2 is 0.923 bits per heavy atom. The quantitative estimate of drug-likeness (QED) is 0.292. The molecule has 0 heterocycles. The molecule has 0 N–H and O–H groups in total. The summed E-state index contributed by atoms with van der Waals surface area (Å²) >= 11 is 0. The van der Waals surface area contributed by atoms with E-state index < -0.39 is 13.6 Å². The third-order valence-electron chi connectivity index (χ3n) is 4.84. The van der Waals surface area contributed by atoms with E-state index in [4.69, 9.17) is 15.8 Å². The molecule has 0 aromatic heterocycles. The third-order valence-corrected chi connectivity index (χ3v) is 9.90. The van der Waals surface area contributed by atoms with Crippen molar-refractivity contribution in [3.8, 4) is 17.9 Å². The molecule has 0 atom stereocenters. The van der Waals surface area contributed by atoms with Crippen molar-refractivity contribution >= 4 is 13.6 Å². The van der Waals surface area contributed by atoms with Crippen LogP contribution in [0, 0.1) is 33.7 Å². The average molecular weight is 379 g/mol. The molecule has 0 aromatic carbocycles. The van der Waals surface area contributed by atoms with Crippen molar-refractivity contribution < 1.29 is 4.65 Å². The molecule has 0 unspecified atom stereocenters. The van der Waals surface area contributed by atoms with Gasteiger partial charge >= 0.3 is 6.35 Å². The van der Waals surface area contributed by atoms with Crippen molar-refractivity contribution in [2.24, 2.45) is 0 Å². The second kappa shape index (κ2) is 17.3. The van der Waals surface area contributed by atoms with Crippen LogP contribution in [0.25, 0.3) is 0 Å². The van der Waals surface area contributed by atoms with E-state index in [1.807, 2.05) is 0 Å². The number of nitriles is 3. The standard InChI is InChI=1S/C16H36P.C4H3BN3O/c1-5-9-13-17(14-10-6-2,15-11-7-3)16-12-8-4;1-9-5(2-6,3-7)4-8/h5-16H2,1-4H3;1H3/q+1;-1. The van der Waals surface area contributed by atoms with Gasteiger partial charge < -0.3 is 4.65 Å². The van der Waals surface area contributed by atoms with Gasteiger partial charge in [-0.3, -0.25) is 0 Å². The zero-order valence-corrected chi connectivity index (χ0v) is 18.7. The lowest BCUT2D eigenvalue weighted by Crippen LogP contribution is -2.32. The molecule has 0 aliphatic rings. The molecule has 0 bridgehead atoms. The fourth-order valence-electron chi connectivity index (χ4n) is 2.89. The molecular weight excluding hydrogens is 340 g/mol. The van der Waals surface area contributed by atoms with Crippen LogP contribution in [0.1, 0.15) is 79.1 Å². The predicted octanol–water partition coefficient (Wildman–Crippen LogP) is 5.97. The minimum absolute atomic E-state index is 0.562. The highest BCUT2D eigenvalue weighted by Gasteiger charge is 2.34. The second-order valence-electron chi connectivity index (χ2n) is 7.06. The first-order chi connectivity index (χ1) is 12.5. The molecule has 0 spiro atoms. The lowest BCUT2D eigenvalue weighted by molar-refractivity contribution is 0.428. The van der Waals surface area contributed by atoms with E-state index in [0.29, 0.717) is 0 Å². The van der Waals surface area contributed by atoms with Gasteiger partial charge in [0.25, 0.3) is 0 Å². The Balaban J connectivity index is 0. The van der Waals surface area contributed by atoms with Gasteiger partial charge in [-0.05, 0) is 32.8 Å².